The van der Waals surface area contributed by atoms with Gasteiger partial charge in [-0.1, -0.05) is 0 Å². The number of methoxy groups -OCH3 is 1. The predicted molar refractivity (Wildman–Crippen MR) is 239 cm³/mol. The van der Waals surface area contributed by atoms with Crippen molar-refractivity contribution in [2.75, 3.05) is 44.1 Å². The SMILES string of the molecule is CO[C@H]1C(n2cnc3c(N)ncnc32)O[C@H](COP(=O)(O)OP(=O)(O)OP(=O)(O)OC[C@H]2OC(n3c[n+](C)c4c(=O)[nH]c(N)nc43)[C@H](O)[C@@H]2O)[C@H]1OP(=O)(O)OC[C@H]1OC(n2cnc3c(=O)[nH]c(N)nc32)[C@H](O)[C@@H]1O. The molecular formula is C32H44N15O24P4+. The monoisotopic (exact) mass is 1150 g/mol. The zero-order valence-electron chi connectivity index (χ0n) is 38.0. The van der Waals surface area contributed by atoms with Crippen molar-refractivity contribution in [2.45, 2.75) is 73.6 Å². The lowest BCUT2D eigenvalue weighted by atomic mass is 10.1. The number of phosphoric acid groups is 4. The van der Waals surface area contributed by atoms with Crippen LogP contribution in [0.2, 0.25) is 0 Å². The van der Waals surface area contributed by atoms with Crippen molar-refractivity contribution in [2.24, 2.45) is 7.05 Å². The minimum absolute atomic E-state index is 0.00606. The average Bonchev–Trinajstić information content (AvgIpc) is 4.17. The Labute approximate surface area is 414 Å². The summed E-state index contributed by atoms with van der Waals surface area (Å²) in [4.78, 5) is 95.6. The molecule has 3 aliphatic rings. The first-order valence-electron chi connectivity index (χ1n) is 21.2. The van der Waals surface area contributed by atoms with Gasteiger partial charge in [0, 0.05) is 7.11 Å². The number of phosphoric ester groups is 3. The number of aliphatic hydroxyl groups excluding tert-OH is 4. The molecule has 0 saturated carbocycles. The molecule has 3 fully saturated rings. The normalized spacial score (nSPS) is 30.5. The molecule has 0 bridgehead atoms. The van der Waals surface area contributed by atoms with Gasteiger partial charge in [-0.2, -0.15) is 23.2 Å². The fraction of sp³-hybridized carbons (Fsp3) is 0.531. The molecule has 0 amide bonds. The highest BCUT2D eigenvalue weighted by Gasteiger charge is 2.54. The van der Waals surface area contributed by atoms with Gasteiger partial charge in [-0.3, -0.25) is 46.8 Å². The van der Waals surface area contributed by atoms with Crippen LogP contribution in [0.25, 0.3) is 33.5 Å². The molecule has 9 heterocycles. The molecule has 0 aliphatic carbocycles. The summed E-state index contributed by atoms with van der Waals surface area (Å²) in [6.45, 7) is -3.40. The van der Waals surface area contributed by atoms with Gasteiger partial charge in [0.05, 0.1) is 39.5 Å². The van der Waals surface area contributed by atoms with E-state index in [0.29, 0.717) is 0 Å². The van der Waals surface area contributed by atoms with E-state index in [4.69, 9.17) is 49.7 Å². The molecule has 6 aromatic rings. The van der Waals surface area contributed by atoms with E-state index >= 15 is 0 Å². The Hall–Kier alpha value is -5.15. The van der Waals surface area contributed by atoms with E-state index in [2.05, 4.69) is 53.0 Å². The molecule has 9 rings (SSSR count). The van der Waals surface area contributed by atoms with Crippen LogP contribution in [0.15, 0.2) is 34.9 Å². The summed E-state index contributed by atoms with van der Waals surface area (Å²) in [5.74, 6) is -0.716. The number of fused-ring (bicyclic) bond motifs is 3. The Morgan fingerprint density at radius 2 is 1.13 bits per heavy atom. The maximum Gasteiger partial charge on any atom is 0.490 e. The second-order valence-corrected chi connectivity index (χ2v) is 22.5. The number of aliphatic hydroxyl groups is 4. The van der Waals surface area contributed by atoms with Crippen LogP contribution in [0.4, 0.5) is 17.7 Å². The highest BCUT2D eigenvalue weighted by atomic mass is 31.3. The second kappa shape index (κ2) is 20.3. The van der Waals surface area contributed by atoms with Crippen molar-refractivity contribution < 1.29 is 108 Å². The molecule has 39 nitrogen and oxygen atoms in total. The molecular weight excluding hydrogens is 1100 g/mol. The Morgan fingerprint density at radius 3 is 1.73 bits per heavy atom. The van der Waals surface area contributed by atoms with E-state index in [-0.39, 0.29) is 51.2 Å². The number of rotatable bonds is 19. The van der Waals surface area contributed by atoms with E-state index in [1.54, 1.807) is 0 Å². The summed E-state index contributed by atoms with van der Waals surface area (Å²) in [7, 11) is -20.9. The molecule has 16 atom stereocenters. The molecule has 3 aliphatic heterocycles. The third-order valence-corrected chi connectivity index (χ3v) is 16.8. The third-order valence-electron chi connectivity index (χ3n) is 11.6. The predicted octanol–water partition coefficient (Wildman–Crippen LogP) is -4.71. The van der Waals surface area contributed by atoms with Gasteiger partial charge in [-0.15, -0.1) is 0 Å². The third kappa shape index (κ3) is 10.9. The molecule has 410 valence electrons. The maximum atomic E-state index is 13.7. The van der Waals surface area contributed by atoms with Gasteiger partial charge in [0.15, 0.2) is 35.1 Å². The fourth-order valence-corrected chi connectivity index (χ4v) is 12.8. The van der Waals surface area contributed by atoms with Crippen molar-refractivity contribution in [1.29, 1.82) is 0 Å². The number of aryl methyl sites for hydroxylation is 1. The molecule has 0 aromatic carbocycles. The van der Waals surface area contributed by atoms with Crippen LogP contribution in [-0.4, -0.2) is 175 Å². The number of anilines is 3. The van der Waals surface area contributed by atoms with Crippen LogP contribution in [0.3, 0.4) is 0 Å². The first kappa shape index (κ1) is 54.6. The lowest BCUT2D eigenvalue weighted by Crippen LogP contribution is -2.38. The van der Waals surface area contributed by atoms with Gasteiger partial charge in [-0.05, 0) is 0 Å². The van der Waals surface area contributed by atoms with Gasteiger partial charge in [0.1, 0.15) is 66.8 Å². The minimum Gasteiger partial charge on any atom is -0.387 e. The van der Waals surface area contributed by atoms with Crippen molar-refractivity contribution in [1.82, 2.24) is 53.6 Å². The summed E-state index contributed by atoms with van der Waals surface area (Å²) >= 11 is 0. The van der Waals surface area contributed by atoms with Crippen molar-refractivity contribution >= 4 is 82.5 Å². The van der Waals surface area contributed by atoms with E-state index in [1.807, 2.05) is 0 Å². The van der Waals surface area contributed by atoms with Crippen molar-refractivity contribution in [3.8, 4) is 0 Å². The number of aromatic nitrogens is 12. The van der Waals surface area contributed by atoms with Crippen LogP contribution in [0.1, 0.15) is 18.7 Å². The Morgan fingerprint density at radius 1 is 0.627 bits per heavy atom. The summed E-state index contributed by atoms with van der Waals surface area (Å²) in [6.07, 6.45) is -15.8. The Bertz CT molecular complexity index is 3470. The quantitative estimate of drug-likeness (QED) is 0.0268. The summed E-state index contributed by atoms with van der Waals surface area (Å²) in [6, 6.07) is 0. The minimum atomic E-state index is -6.20. The second-order valence-electron chi connectivity index (χ2n) is 16.5. The van der Waals surface area contributed by atoms with Gasteiger partial charge >= 0.3 is 36.9 Å². The van der Waals surface area contributed by atoms with Gasteiger partial charge < -0.3 is 76.1 Å². The number of hydrogen-bond acceptors (Lipinski definition) is 29. The van der Waals surface area contributed by atoms with Crippen LogP contribution in [-0.2, 0) is 71.0 Å². The smallest absolute Gasteiger partial charge is 0.387 e. The summed E-state index contributed by atoms with van der Waals surface area (Å²) in [5.41, 5.74) is 15.4. The van der Waals surface area contributed by atoms with Crippen molar-refractivity contribution in [3.63, 3.8) is 0 Å². The van der Waals surface area contributed by atoms with E-state index < -0.39 is 136 Å². The maximum absolute atomic E-state index is 13.7. The first-order valence-corrected chi connectivity index (χ1v) is 27.1. The number of nitrogen functional groups attached to an aromatic ring is 3. The molecule has 0 radical (unpaired) electrons. The Balaban J connectivity index is 0.862. The zero-order chi connectivity index (χ0) is 54.3. The highest BCUT2D eigenvalue weighted by Crippen LogP contribution is 2.68. The molecule has 75 heavy (non-hydrogen) atoms. The summed E-state index contributed by atoms with van der Waals surface area (Å²) < 4.78 is 109. The van der Waals surface area contributed by atoms with Gasteiger partial charge in [0.25, 0.3) is 16.7 Å². The molecule has 7 unspecified atom stereocenters. The molecule has 16 N–H and O–H groups in total. The summed E-state index contributed by atoms with van der Waals surface area (Å²) in [5, 5.41) is 43.2. The molecule has 43 heteroatoms. The first-order chi connectivity index (χ1) is 35.2. The van der Waals surface area contributed by atoms with Crippen LogP contribution in [0, 0.1) is 0 Å². The van der Waals surface area contributed by atoms with E-state index in [9.17, 15) is 67.8 Å². The Kier molecular flexibility index (Phi) is 14.8. The lowest BCUT2D eigenvalue weighted by molar-refractivity contribution is -0.646. The molecule has 3 saturated heterocycles. The van der Waals surface area contributed by atoms with Crippen LogP contribution < -0.4 is 32.9 Å². The van der Waals surface area contributed by atoms with Crippen molar-refractivity contribution in [3.05, 3.63) is 46.0 Å². The van der Waals surface area contributed by atoms with Gasteiger partial charge in [0.2, 0.25) is 24.5 Å². The number of nitrogens with one attached hydrogen (secondary N) is 2. The van der Waals surface area contributed by atoms with Gasteiger partial charge in [-0.25, -0.2) is 42.8 Å². The number of nitrogens with zero attached hydrogens (tertiary/aromatic N) is 10. The topological polar surface area (TPSA) is 562 Å². The van der Waals surface area contributed by atoms with Crippen LogP contribution in [0.5, 0.6) is 0 Å². The van der Waals surface area contributed by atoms with Crippen LogP contribution >= 0.6 is 31.3 Å². The average molecular weight is 1150 g/mol. The number of hydrogen-bond donors (Lipinski definition) is 13. The fourth-order valence-electron chi connectivity index (χ4n) is 8.29. The van der Waals surface area contributed by atoms with E-state index in [0.717, 1.165) is 35.2 Å². The largest absolute Gasteiger partial charge is 0.490 e. The van der Waals surface area contributed by atoms with E-state index in [1.165, 1.54) is 22.5 Å². The standard InChI is InChI=1S/C32H43N15O24P4/c1-44-9-47(25-15(44)27(53)43-32(35)41-25)29-19(51)17(49)11(67-29)4-64-73(56,57)70-75(60,61)71-74(58,59)65-5-12-20(21(62-2)30(68-12)45-7-38-13-22(33)36-6-37-23(13)45)69-72(54,55)63-3-10-16(48)18(50)28(66-10)46-8-39-14-24(46)40-31(34)42-26(14)52/h6-12,16-21,28-30,48-51H,3-5H2,1-2H3,(H11-,33,34,35,36,37,40,41,42,43,52,53,54,55,56,57,58,59,60,61)/p+1/t10-,11-,12-,16-,17-,18-,19-,20-,21-,28?,29?,30?/m1/s1. The molecule has 0 spiro atoms. The number of aromatic amines is 2. The number of ether oxygens (including phenoxy) is 4. The highest BCUT2D eigenvalue weighted by molar-refractivity contribution is 7.66. The zero-order valence-corrected chi connectivity index (χ0v) is 41.5. The lowest BCUT2D eigenvalue weighted by Gasteiger charge is -2.26. The molecule has 6 aromatic heterocycles. The number of H-pyrrole nitrogens is 2. The number of imidazole rings is 3. The number of nitrogens with two attached hydrogens (primary N) is 3.